The molecule has 2 N–H and O–H groups in total. The predicted octanol–water partition coefficient (Wildman–Crippen LogP) is 4.70. The highest BCUT2D eigenvalue weighted by Gasteiger charge is 2.30. The van der Waals surface area contributed by atoms with Crippen molar-refractivity contribution in [3.8, 4) is 0 Å². The molecule has 0 aliphatic heterocycles. The summed E-state index contributed by atoms with van der Waals surface area (Å²) in [5.74, 6) is 1.47. The molecule has 0 fully saturated rings. The van der Waals surface area contributed by atoms with E-state index in [2.05, 4.69) is 10.6 Å². The van der Waals surface area contributed by atoms with Crippen LogP contribution in [-0.4, -0.2) is 11.8 Å². The topological polar surface area (TPSA) is 71.3 Å². The fourth-order valence-corrected chi connectivity index (χ4v) is 2.44. The number of nitrogens with one attached hydrogen (secondary N) is 2. The van der Waals surface area contributed by atoms with Crippen molar-refractivity contribution < 1.29 is 14.0 Å². The van der Waals surface area contributed by atoms with Crippen LogP contribution in [0.4, 0.5) is 10.5 Å². The molecule has 0 saturated carbocycles. The van der Waals surface area contributed by atoms with Crippen LogP contribution in [0.3, 0.4) is 0 Å². The van der Waals surface area contributed by atoms with Gasteiger partial charge in [-0.3, -0.25) is 4.79 Å². The number of benzene rings is 1. The smallest absolute Gasteiger partial charge is 0.319 e. The molecule has 2 aromatic rings. The lowest BCUT2D eigenvalue weighted by atomic mass is 9.85. The first-order chi connectivity index (χ1) is 11.2. The second kappa shape index (κ2) is 6.91. The third-order valence-electron chi connectivity index (χ3n) is 3.71. The van der Waals surface area contributed by atoms with Gasteiger partial charge >= 0.3 is 6.03 Å². The quantitative estimate of drug-likeness (QED) is 0.799. The van der Waals surface area contributed by atoms with E-state index in [0.29, 0.717) is 17.0 Å². The third kappa shape index (κ3) is 4.47. The fraction of sp³-hybridized carbons (Fsp3) is 0.368. The van der Waals surface area contributed by atoms with Gasteiger partial charge < -0.3 is 15.1 Å². The minimum Gasteiger partial charge on any atom is -0.464 e. The molecule has 1 aromatic heterocycles. The van der Waals surface area contributed by atoms with Gasteiger partial charge in [0, 0.05) is 11.3 Å². The van der Waals surface area contributed by atoms with Gasteiger partial charge in [0.25, 0.3) is 0 Å². The zero-order valence-electron chi connectivity index (χ0n) is 14.8. The number of ketones is 1. The Hall–Kier alpha value is -2.56. The van der Waals surface area contributed by atoms with Crippen molar-refractivity contribution in [1.82, 2.24) is 5.32 Å². The highest BCUT2D eigenvalue weighted by atomic mass is 16.3. The molecule has 1 heterocycles. The van der Waals surface area contributed by atoms with Crippen LogP contribution in [0.2, 0.25) is 0 Å². The van der Waals surface area contributed by atoms with Gasteiger partial charge in [-0.25, -0.2) is 4.79 Å². The summed E-state index contributed by atoms with van der Waals surface area (Å²) in [5.41, 5.74) is 0.911. The molecule has 5 nitrogen and oxygen atoms in total. The number of furan rings is 1. The van der Waals surface area contributed by atoms with E-state index in [4.69, 9.17) is 4.42 Å². The first-order valence-electron chi connectivity index (χ1n) is 7.91. The lowest BCUT2D eigenvalue weighted by molar-refractivity contribution is 0.101. The molecule has 0 bridgehead atoms. The maximum atomic E-state index is 12.4. The summed E-state index contributed by atoms with van der Waals surface area (Å²) < 4.78 is 5.69. The van der Waals surface area contributed by atoms with Gasteiger partial charge in [-0.2, -0.15) is 0 Å². The number of rotatable bonds is 4. The average molecular weight is 328 g/mol. The third-order valence-corrected chi connectivity index (χ3v) is 3.71. The second-order valence-electron chi connectivity index (χ2n) is 6.98. The lowest BCUT2D eigenvalue weighted by Crippen LogP contribution is -2.38. The standard InChI is InChI=1S/C19H24N2O3/c1-12-9-10-16(24-12)17(19(3,4)5)21-18(23)20-15-8-6-7-14(11-15)13(2)22/h6-11,17H,1-5H3,(H2,20,21,23)/t17-/m1/s1. The minimum atomic E-state index is -0.343. The van der Waals surface area contributed by atoms with E-state index in [1.807, 2.05) is 39.8 Å². The maximum absolute atomic E-state index is 12.4. The summed E-state index contributed by atoms with van der Waals surface area (Å²) >= 11 is 0. The molecule has 0 spiro atoms. The molecule has 0 saturated heterocycles. The van der Waals surface area contributed by atoms with E-state index in [9.17, 15) is 9.59 Å². The van der Waals surface area contributed by atoms with Crippen molar-refractivity contribution in [2.24, 2.45) is 5.41 Å². The molecular formula is C19H24N2O3. The number of carbonyl (C=O) groups is 2. The number of hydrogen-bond donors (Lipinski definition) is 2. The molecule has 0 radical (unpaired) electrons. The maximum Gasteiger partial charge on any atom is 0.319 e. The summed E-state index contributed by atoms with van der Waals surface area (Å²) in [4.78, 5) is 23.8. The number of Topliss-reactive ketones (excluding diaryl/α,β-unsaturated/α-hetero) is 1. The van der Waals surface area contributed by atoms with Crippen molar-refractivity contribution in [2.75, 3.05) is 5.32 Å². The Balaban J connectivity index is 2.14. The van der Waals surface area contributed by atoms with Crippen molar-refractivity contribution in [3.63, 3.8) is 0 Å². The van der Waals surface area contributed by atoms with Crippen LogP contribution in [0.25, 0.3) is 0 Å². The Morgan fingerprint density at radius 2 is 1.83 bits per heavy atom. The Kier molecular flexibility index (Phi) is 5.12. The number of hydrogen-bond acceptors (Lipinski definition) is 3. The summed E-state index contributed by atoms with van der Waals surface area (Å²) in [5, 5.41) is 5.73. The first-order valence-corrected chi connectivity index (χ1v) is 7.91. The van der Waals surface area contributed by atoms with Crippen molar-refractivity contribution in [1.29, 1.82) is 0 Å². The van der Waals surface area contributed by atoms with Gasteiger partial charge in [-0.1, -0.05) is 32.9 Å². The molecule has 24 heavy (non-hydrogen) atoms. The first kappa shape index (κ1) is 17.8. The average Bonchev–Trinajstić information content (AvgIpc) is 2.90. The highest BCUT2D eigenvalue weighted by molar-refractivity contribution is 5.96. The monoisotopic (exact) mass is 328 g/mol. The fourth-order valence-electron chi connectivity index (χ4n) is 2.44. The highest BCUT2D eigenvalue weighted by Crippen LogP contribution is 2.33. The van der Waals surface area contributed by atoms with Crippen molar-refractivity contribution in [3.05, 3.63) is 53.5 Å². The minimum absolute atomic E-state index is 0.0438. The molecule has 0 unspecified atom stereocenters. The molecule has 5 heteroatoms. The van der Waals surface area contributed by atoms with Gasteiger partial charge in [0.15, 0.2) is 5.78 Å². The van der Waals surface area contributed by atoms with Crippen LogP contribution >= 0.6 is 0 Å². The zero-order chi connectivity index (χ0) is 17.9. The predicted molar refractivity (Wildman–Crippen MR) is 94.2 cm³/mol. The lowest BCUT2D eigenvalue weighted by Gasteiger charge is -2.30. The Morgan fingerprint density at radius 1 is 1.12 bits per heavy atom. The largest absolute Gasteiger partial charge is 0.464 e. The Morgan fingerprint density at radius 3 is 2.38 bits per heavy atom. The van der Waals surface area contributed by atoms with Gasteiger partial charge in [0.1, 0.15) is 11.5 Å². The van der Waals surface area contributed by atoms with Crippen LogP contribution in [0, 0.1) is 12.3 Å². The number of urea groups is 1. The molecule has 128 valence electrons. The van der Waals surface area contributed by atoms with E-state index in [1.165, 1.54) is 6.92 Å². The van der Waals surface area contributed by atoms with E-state index >= 15 is 0 Å². The number of carbonyl (C=O) groups excluding carboxylic acids is 2. The van der Waals surface area contributed by atoms with Crippen molar-refractivity contribution in [2.45, 2.75) is 40.7 Å². The molecular weight excluding hydrogens is 304 g/mol. The van der Waals surface area contributed by atoms with Gasteiger partial charge in [0.2, 0.25) is 0 Å². The molecule has 0 aliphatic carbocycles. The van der Waals surface area contributed by atoms with Gasteiger partial charge in [-0.15, -0.1) is 0 Å². The normalized spacial score (nSPS) is 12.5. The van der Waals surface area contributed by atoms with Crippen LogP contribution in [-0.2, 0) is 0 Å². The van der Waals surface area contributed by atoms with E-state index in [-0.39, 0.29) is 23.3 Å². The van der Waals surface area contributed by atoms with Crippen LogP contribution in [0.5, 0.6) is 0 Å². The van der Waals surface area contributed by atoms with E-state index in [1.54, 1.807) is 24.3 Å². The van der Waals surface area contributed by atoms with Crippen LogP contribution in [0.1, 0.15) is 55.6 Å². The van der Waals surface area contributed by atoms with E-state index < -0.39 is 0 Å². The summed E-state index contributed by atoms with van der Waals surface area (Å²) in [6.07, 6.45) is 0. The molecule has 1 aromatic carbocycles. The Labute approximate surface area is 142 Å². The van der Waals surface area contributed by atoms with E-state index in [0.717, 1.165) is 5.76 Å². The zero-order valence-corrected chi connectivity index (χ0v) is 14.8. The second-order valence-corrected chi connectivity index (χ2v) is 6.98. The summed E-state index contributed by atoms with van der Waals surface area (Å²) in [6, 6.07) is 10.00. The van der Waals surface area contributed by atoms with Gasteiger partial charge in [-0.05, 0) is 43.5 Å². The summed E-state index contributed by atoms with van der Waals surface area (Å²) in [7, 11) is 0. The Bertz CT molecular complexity index is 741. The number of amides is 2. The van der Waals surface area contributed by atoms with Crippen LogP contribution < -0.4 is 10.6 Å². The molecule has 2 rings (SSSR count). The number of anilines is 1. The number of aryl methyl sites for hydroxylation is 1. The molecule has 0 aliphatic rings. The van der Waals surface area contributed by atoms with Crippen LogP contribution in [0.15, 0.2) is 40.8 Å². The molecule has 2 amide bonds. The SMILES string of the molecule is CC(=O)c1cccc(NC(=O)N[C@H](c2ccc(C)o2)C(C)(C)C)c1. The molecule has 1 atom stereocenters. The van der Waals surface area contributed by atoms with Gasteiger partial charge in [0.05, 0.1) is 6.04 Å². The van der Waals surface area contributed by atoms with Crippen molar-refractivity contribution >= 4 is 17.5 Å². The summed E-state index contributed by atoms with van der Waals surface area (Å²) in [6.45, 7) is 9.47.